The number of hydrogen-bond acceptors (Lipinski definition) is 7. The summed E-state index contributed by atoms with van der Waals surface area (Å²) in [5.74, 6) is 0.952. The van der Waals surface area contributed by atoms with Crippen molar-refractivity contribution < 1.29 is 9.47 Å². The van der Waals surface area contributed by atoms with Gasteiger partial charge in [-0.25, -0.2) is 14.6 Å². The molecule has 8 nitrogen and oxygen atoms in total. The average molecular weight is 362 g/mol. The number of pyridine rings is 1. The standard InChI is InChI=1S/C19H18N6O2/c1-11-18-15(8-27-11)17(14(6-20)19(21)24-18)12-3-4-16(26-2)13(5-12)7-25-10-22-9-23-25/h3-5,9-11H,7-8H2,1-2H3,(H2,21,24)/t11-/m1/s1. The highest BCUT2D eigenvalue weighted by Gasteiger charge is 2.28. The van der Waals surface area contributed by atoms with E-state index in [0.717, 1.165) is 33.7 Å². The van der Waals surface area contributed by atoms with Crippen molar-refractivity contribution in [3.05, 3.63) is 53.2 Å². The molecule has 1 aliphatic rings. The molecule has 0 spiro atoms. The summed E-state index contributed by atoms with van der Waals surface area (Å²) in [6, 6.07) is 7.98. The summed E-state index contributed by atoms with van der Waals surface area (Å²) in [6.45, 7) is 2.82. The minimum absolute atomic E-state index is 0.151. The Bertz CT molecular complexity index is 1040. The zero-order valence-corrected chi connectivity index (χ0v) is 15.0. The third-order valence-corrected chi connectivity index (χ3v) is 4.70. The summed E-state index contributed by atoms with van der Waals surface area (Å²) in [4.78, 5) is 8.37. The number of fused-ring (bicyclic) bond motifs is 1. The lowest BCUT2D eigenvalue weighted by Crippen LogP contribution is -2.06. The van der Waals surface area contributed by atoms with E-state index in [2.05, 4.69) is 21.1 Å². The molecule has 3 heterocycles. The van der Waals surface area contributed by atoms with Gasteiger partial charge in [0.25, 0.3) is 0 Å². The van der Waals surface area contributed by atoms with Crippen molar-refractivity contribution >= 4 is 5.82 Å². The molecule has 0 unspecified atom stereocenters. The second kappa shape index (κ2) is 6.70. The average Bonchev–Trinajstić information content (AvgIpc) is 3.31. The highest BCUT2D eigenvalue weighted by molar-refractivity contribution is 5.80. The van der Waals surface area contributed by atoms with Crippen LogP contribution in [0.4, 0.5) is 5.82 Å². The molecule has 0 saturated carbocycles. The van der Waals surface area contributed by atoms with Crippen LogP contribution in [0, 0.1) is 11.3 Å². The number of methoxy groups -OCH3 is 1. The van der Waals surface area contributed by atoms with E-state index in [0.29, 0.717) is 18.7 Å². The third kappa shape index (κ3) is 2.88. The summed E-state index contributed by atoms with van der Waals surface area (Å²) in [6.07, 6.45) is 2.98. The number of anilines is 1. The Hall–Kier alpha value is -3.44. The number of ether oxygens (including phenoxy) is 2. The number of nitrogens with two attached hydrogens (primary N) is 1. The van der Waals surface area contributed by atoms with Crippen molar-refractivity contribution in [1.82, 2.24) is 19.7 Å². The Morgan fingerprint density at radius 1 is 1.44 bits per heavy atom. The third-order valence-electron chi connectivity index (χ3n) is 4.70. The van der Waals surface area contributed by atoms with Gasteiger partial charge in [0, 0.05) is 16.7 Å². The van der Waals surface area contributed by atoms with E-state index in [1.807, 2.05) is 25.1 Å². The van der Waals surface area contributed by atoms with Crippen LogP contribution in [-0.2, 0) is 17.9 Å². The molecule has 0 fully saturated rings. The second-order valence-electron chi connectivity index (χ2n) is 6.30. The van der Waals surface area contributed by atoms with Crippen LogP contribution in [0.25, 0.3) is 11.1 Å². The molecule has 8 heteroatoms. The Morgan fingerprint density at radius 2 is 2.30 bits per heavy atom. The summed E-state index contributed by atoms with van der Waals surface area (Å²) in [5.41, 5.74) is 10.7. The Kier molecular flexibility index (Phi) is 4.22. The minimum Gasteiger partial charge on any atom is -0.496 e. The van der Waals surface area contributed by atoms with Crippen LogP contribution < -0.4 is 10.5 Å². The molecule has 1 atom stereocenters. The van der Waals surface area contributed by atoms with Crippen LogP contribution in [0.5, 0.6) is 5.75 Å². The highest BCUT2D eigenvalue weighted by atomic mass is 16.5. The van der Waals surface area contributed by atoms with Gasteiger partial charge in [0.2, 0.25) is 0 Å². The van der Waals surface area contributed by atoms with Gasteiger partial charge in [-0.15, -0.1) is 0 Å². The molecule has 1 aromatic carbocycles. The second-order valence-corrected chi connectivity index (χ2v) is 6.30. The predicted octanol–water partition coefficient (Wildman–Crippen LogP) is 2.44. The molecule has 0 aliphatic carbocycles. The molecule has 136 valence electrons. The molecule has 2 N–H and O–H groups in total. The van der Waals surface area contributed by atoms with Gasteiger partial charge >= 0.3 is 0 Å². The first-order valence-electron chi connectivity index (χ1n) is 8.46. The molecule has 4 rings (SSSR count). The van der Waals surface area contributed by atoms with Gasteiger partial charge in [0.1, 0.15) is 35.9 Å². The van der Waals surface area contributed by atoms with Crippen molar-refractivity contribution in [2.45, 2.75) is 26.2 Å². The maximum atomic E-state index is 9.68. The van der Waals surface area contributed by atoms with Crippen LogP contribution in [0.15, 0.2) is 30.9 Å². The molecule has 0 saturated heterocycles. The van der Waals surface area contributed by atoms with E-state index in [4.69, 9.17) is 15.2 Å². The normalized spacial score (nSPS) is 15.4. The molecule has 0 radical (unpaired) electrons. The molecule has 27 heavy (non-hydrogen) atoms. The molecule has 0 amide bonds. The Balaban J connectivity index is 1.89. The molecular weight excluding hydrogens is 344 g/mol. The Labute approximate surface area is 156 Å². The van der Waals surface area contributed by atoms with Gasteiger partial charge < -0.3 is 15.2 Å². The van der Waals surface area contributed by atoms with Crippen LogP contribution in [0.1, 0.15) is 35.4 Å². The summed E-state index contributed by atoms with van der Waals surface area (Å²) in [7, 11) is 1.62. The number of aromatic nitrogens is 4. The quantitative estimate of drug-likeness (QED) is 0.758. The molecular formula is C19H18N6O2. The van der Waals surface area contributed by atoms with Gasteiger partial charge in [0.05, 0.1) is 32.1 Å². The van der Waals surface area contributed by atoms with Gasteiger partial charge in [-0.2, -0.15) is 10.4 Å². The predicted molar refractivity (Wildman–Crippen MR) is 97.7 cm³/mol. The number of hydrogen-bond donors (Lipinski definition) is 1. The molecule has 0 bridgehead atoms. The largest absolute Gasteiger partial charge is 0.496 e. The molecule has 3 aromatic rings. The first-order valence-corrected chi connectivity index (χ1v) is 8.46. The van der Waals surface area contributed by atoms with E-state index < -0.39 is 0 Å². The number of nitrogens with zero attached hydrogens (tertiary/aromatic N) is 5. The van der Waals surface area contributed by atoms with Crippen molar-refractivity contribution in [2.24, 2.45) is 0 Å². The SMILES string of the molecule is COc1ccc(-c2c(C#N)c(N)nc3c2CO[C@@H]3C)cc1Cn1cncn1. The first-order chi connectivity index (χ1) is 13.1. The van der Waals surface area contributed by atoms with Gasteiger partial charge in [-0.3, -0.25) is 0 Å². The maximum absolute atomic E-state index is 9.68. The summed E-state index contributed by atoms with van der Waals surface area (Å²) in [5, 5.41) is 13.8. The van der Waals surface area contributed by atoms with E-state index in [1.54, 1.807) is 18.1 Å². The number of nitrogen functional groups attached to an aromatic ring is 1. The topological polar surface area (TPSA) is 112 Å². The molecule has 2 aromatic heterocycles. The van der Waals surface area contributed by atoms with Crippen LogP contribution in [0.2, 0.25) is 0 Å². The van der Waals surface area contributed by atoms with Crippen molar-refractivity contribution in [3.63, 3.8) is 0 Å². The fourth-order valence-corrected chi connectivity index (χ4v) is 3.41. The van der Waals surface area contributed by atoms with Crippen LogP contribution in [0.3, 0.4) is 0 Å². The van der Waals surface area contributed by atoms with Gasteiger partial charge in [-0.05, 0) is 24.6 Å². The van der Waals surface area contributed by atoms with Crippen molar-refractivity contribution in [3.8, 4) is 22.9 Å². The fourth-order valence-electron chi connectivity index (χ4n) is 3.41. The van der Waals surface area contributed by atoms with E-state index in [9.17, 15) is 5.26 Å². The summed E-state index contributed by atoms with van der Waals surface area (Å²) < 4.78 is 12.9. The Morgan fingerprint density at radius 3 is 3.00 bits per heavy atom. The van der Waals surface area contributed by atoms with Gasteiger partial charge in [0.15, 0.2) is 0 Å². The summed E-state index contributed by atoms with van der Waals surface area (Å²) >= 11 is 0. The van der Waals surface area contributed by atoms with E-state index in [1.165, 1.54) is 6.33 Å². The lowest BCUT2D eigenvalue weighted by atomic mass is 9.93. The lowest BCUT2D eigenvalue weighted by Gasteiger charge is -2.15. The smallest absolute Gasteiger partial charge is 0.142 e. The maximum Gasteiger partial charge on any atom is 0.142 e. The lowest BCUT2D eigenvalue weighted by molar-refractivity contribution is 0.0780. The van der Waals surface area contributed by atoms with Crippen LogP contribution >= 0.6 is 0 Å². The van der Waals surface area contributed by atoms with E-state index in [-0.39, 0.29) is 11.9 Å². The number of rotatable bonds is 4. The van der Waals surface area contributed by atoms with Crippen molar-refractivity contribution in [2.75, 3.05) is 12.8 Å². The zero-order valence-electron chi connectivity index (χ0n) is 15.0. The monoisotopic (exact) mass is 362 g/mol. The van der Waals surface area contributed by atoms with Crippen molar-refractivity contribution in [1.29, 1.82) is 5.26 Å². The zero-order chi connectivity index (χ0) is 19.0. The van der Waals surface area contributed by atoms with E-state index >= 15 is 0 Å². The fraction of sp³-hybridized carbons (Fsp3) is 0.263. The highest BCUT2D eigenvalue weighted by Crippen LogP contribution is 2.40. The first kappa shape index (κ1) is 17.0. The number of nitriles is 1. The van der Waals surface area contributed by atoms with Crippen LogP contribution in [-0.4, -0.2) is 26.9 Å². The minimum atomic E-state index is -0.151. The number of benzene rings is 1. The molecule has 1 aliphatic heterocycles. The van der Waals surface area contributed by atoms with Gasteiger partial charge in [-0.1, -0.05) is 6.07 Å².